The summed E-state index contributed by atoms with van der Waals surface area (Å²) in [6, 6.07) is 1.92. The molecule has 1 aliphatic carbocycles. The van der Waals surface area contributed by atoms with Crippen LogP contribution in [0.15, 0.2) is 11.8 Å². The minimum atomic E-state index is -0.0364. The molecule has 0 heterocycles. The van der Waals surface area contributed by atoms with Gasteiger partial charge in [0, 0.05) is 5.92 Å². The Morgan fingerprint density at radius 1 is 1.47 bits per heavy atom. The summed E-state index contributed by atoms with van der Waals surface area (Å²) < 4.78 is 4.99. The molecule has 0 saturated heterocycles. The molecule has 1 rings (SSSR count). The second-order valence-corrected chi connectivity index (χ2v) is 3.80. The number of nitrogens with zero attached hydrogens (tertiary/aromatic N) is 1. The second-order valence-electron chi connectivity index (χ2n) is 3.80. The molecule has 1 saturated carbocycles. The van der Waals surface area contributed by atoms with Gasteiger partial charge in [-0.05, 0) is 19.8 Å². The summed E-state index contributed by atoms with van der Waals surface area (Å²) in [7, 11) is 0. The van der Waals surface area contributed by atoms with Gasteiger partial charge in [-0.25, -0.2) is 0 Å². The molecule has 3 nitrogen and oxygen atoms in total. The Balaban J connectivity index is 2.60. The van der Waals surface area contributed by atoms with Crippen LogP contribution in [0.3, 0.4) is 0 Å². The van der Waals surface area contributed by atoms with Crippen molar-refractivity contribution in [3.8, 4) is 6.07 Å². The Kier molecular flexibility index (Phi) is 4.89. The number of ketones is 1. The highest BCUT2D eigenvalue weighted by atomic mass is 16.5. The van der Waals surface area contributed by atoms with Crippen LogP contribution in [-0.2, 0) is 9.53 Å². The van der Waals surface area contributed by atoms with E-state index < -0.39 is 0 Å². The van der Waals surface area contributed by atoms with Crippen LogP contribution in [0.2, 0.25) is 0 Å². The van der Waals surface area contributed by atoms with Gasteiger partial charge in [0.2, 0.25) is 0 Å². The van der Waals surface area contributed by atoms with Crippen molar-refractivity contribution in [1.82, 2.24) is 0 Å². The fraction of sp³-hybridized carbons (Fsp3) is 0.667. The maximum atomic E-state index is 11.9. The Bertz CT molecular complexity index is 282. The zero-order valence-electron chi connectivity index (χ0n) is 9.16. The summed E-state index contributed by atoms with van der Waals surface area (Å²) in [6.07, 6.45) is 6.55. The van der Waals surface area contributed by atoms with Gasteiger partial charge >= 0.3 is 0 Å². The quantitative estimate of drug-likeness (QED) is 0.404. The molecule has 1 fully saturated rings. The number of nitriles is 1. The first-order chi connectivity index (χ1) is 7.29. The molecule has 0 spiro atoms. The smallest absolute Gasteiger partial charge is 0.179 e. The summed E-state index contributed by atoms with van der Waals surface area (Å²) in [4.78, 5) is 11.9. The Morgan fingerprint density at radius 2 is 2.13 bits per heavy atom. The van der Waals surface area contributed by atoms with Crippen molar-refractivity contribution in [1.29, 1.82) is 5.26 Å². The van der Waals surface area contributed by atoms with Crippen molar-refractivity contribution < 1.29 is 9.53 Å². The van der Waals surface area contributed by atoms with Gasteiger partial charge in [-0.1, -0.05) is 19.3 Å². The number of rotatable bonds is 4. The van der Waals surface area contributed by atoms with E-state index >= 15 is 0 Å². The molecule has 82 valence electrons. The summed E-state index contributed by atoms with van der Waals surface area (Å²) in [6.45, 7) is 2.32. The minimum Gasteiger partial charge on any atom is -0.500 e. The third kappa shape index (κ3) is 3.39. The molecule has 15 heavy (non-hydrogen) atoms. The van der Waals surface area contributed by atoms with Gasteiger partial charge < -0.3 is 4.74 Å². The molecule has 0 aromatic carbocycles. The minimum absolute atomic E-state index is 0.0364. The monoisotopic (exact) mass is 207 g/mol. The molecule has 3 heteroatoms. The number of carbonyl (C=O) groups is 1. The van der Waals surface area contributed by atoms with Crippen LogP contribution in [0.4, 0.5) is 0 Å². The van der Waals surface area contributed by atoms with Gasteiger partial charge in [0.15, 0.2) is 5.78 Å². The number of allylic oxidation sites excluding steroid dienone is 1. The van der Waals surface area contributed by atoms with Gasteiger partial charge in [-0.2, -0.15) is 5.26 Å². The average molecular weight is 207 g/mol. The molecule has 0 aliphatic heterocycles. The van der Waals surface area contributed by atoms with E-state index in [0.717, 1.165) is 25.7 Å². The van der Waals surface area contributed by atoms with Gasteiger partial charge in [0.1, 0.15) is 17.9 Å². The molecule has 0 aromatic heterocycles. The first kappa shape index (κ1) is 11.8. The molecule has 0 unspecified atom stereocenters. The predicted molar refractivity (Wildman–Crippen MR) is 56.9 cm³/mol. The normalized spacial score (nSPS) is 18.3. The van der Waals surface area contributed by atoms with E-state index in [0.29, 0.717) is 6.61 Å². The summed E-state index contributed by atoms with van der Waals surface area (Å²) in [5.74, 6) is 0.00996. The third-order valence-corrected chi connectivity index (χ3v) is 2.73. The molecule has 1 aliphatic rings. The molecule has 0 radical (unpaired) electrons. The van der Waals surface area contributed by atoms with Crippen molar-refractivity contribution in [3.05, 3.63) is 11.8 Å². The van der Waals surface area contributed by atoms with Crippen LogP contribution in [0, 0.1) is 17.2 Å². The molecular formula is C12H17NO2. The lowest BCUT2D eigenvalue weighted by molar-refractivity contribution is -0.119. The summed E-state index contributed by atoms with van der Waals surface area (Å²) >= 11 is 0. The number of ether oxygens (including phenoxy) is 1. The molecular weight excluding hydrogens is 190 g/mol. The molecule has 0 aromatic rings. The number of carbonyl (C=O) groups excluding carboxylic acids is 1. The lowest BCUT2D eigenvalue weighted by atomic mass is 9.84. The van der Waals surface area contributed by atoms with Gasteiger partial charge in [-0.15, -0.1) is 0 Å². The van der Waals surface area contributed by atoms with Crippen molar-refractivity contribution in [2.45, 2.75) is 39.0 Å². The Morgan fingerprint density at radius 3 is 2.67 bits per heavy atom. The van der Waals surface area contributed by atoms with Crippen molar-refractivity contribution in [3.63, 3.8) is 0 Å². The SMILES string of the molecule is CCO/C=C(\C#N)C(=O)C1CCCCC1. The van der Waals surface area contributed by atoms with E-state index in [1.165, 1.54) is 12.7 Å². The van der Waals surface area contributed by atoms with Crippen LogP contribution >= 0.6 is 0 Å². The van der Waals surface area contributed by atoms with Crippen LogP contribution in [-0.4, -0.2) is 12.4 Å². The van der Waals surface area contributed by atoms with E-state index in [1.54, 1.807) is 0 Å². The molecule has 0 bridgehead atoms. The predicted octanol–water partition coefficient (Wildman–Crippen LogP) is 2.58. The second kappa shape index (κ2) is 6.23. The van der Waals surface area contributed by atoms with Crippen molar-refractivity contribution in [2.75, 3.05) is 6.61 Å². The van der Waals surface area contributed by atoms with Gasteiger partial charge in [0.25, 0.3) is 0 Å². The van der Waals surface area contributed by atoms with Crippen molar-refractivity contribution >= 4 is 5.78 Å². The molecule has 0 amide bonds. The molecule has 0 atom stereocenters. The zero-order chi connectivity index (χ0) is 11.1. The van der Waals surface area contributed by atoms with Crippen LogP contribution in [0.25, 0.3) is 0 Å². The number of Topliss-reactive ketones (excluding diaryl/α,β-unsaturated/α-hetero) is 1. The maximum absolute atomic E-state index is 11.9. The van der Waals surface area contributed by atoms with Gasteiger partial charge in [0.05, 0.1) is 6.61 Å². The Hall–Kier alpha value is -1.30. The zero-order valence-corrected chi connectivity index (χ0v) is 9.16. The van der Waals surface area contributed by atoms with E-state index in [1.807, 2.05) is 13.0 Å². The number of hydrogen-bond donors (Lipinski definition) is 0. The maximum Gasteiger partial charge on any atom is 0.179 e. The van der Waals surface area contributed by atoms with E-state index in [-0.39, 0.29) is 17.3 Å². The standard InChI is InChI=1S/C12H17NO2/c1-2-15-9-11(8-13)12(14)10-6-4-3-5-7-10/h9-10H,2-7H2,1H3/b11-9+. The average Bonchev–Trinajstić information content (AvgIpc) is 2.31. The highest BCUT2D eigenvalue weighted by Gasteiger charge is 2.24. The first-order valence-corrected chi connectivity index (χ1v) is 5.55. The largest absolute Gasteiger partial charge is 0.500 e. The molecule has 0 N–H and O–H groups in total. The topological polar surface area (TPSA) is 50.1 Å². The number of hydrogen-bond acceptors (Lipinski definition) is 3. The van der Waals surface area contributed by atoms with E-state index in [9.17, 15) is 4.79 Å². The highest BCUT2D eigenvalue weighted by Crippen LogP contribution is 2.26. The van der Waals surface area contributed by atoms with Crippen LogP contribution in [0.1, 0.15) is 39.0 Å². The lowest BCUT2D eigenvalue weighted by Crippen LogP contribution is -2.19. The third-order valence-electron chi connectivity index (χ3n) is 2.73. The fourth-order valence-electron chi connectivity index (χ4n) is 1.89. The van der Waals surface area contributed by atoms with Crippen molar-refractivity contribution in [2.24, 2.45) is 5.92 Å². The van der Waals surface area contributed by atoms with Gasteiger partial charge in [-0.3, -0.25) is 4.79 Å². The lowest BCUT2D eigenvalue weighted by Gasteiger charge is -2.19. The fourth-order valence-corrected chi connectivity index (χ4v) is 1.89. The van der Waals surface area contributed by atoms with E-state index in [2.05, 4.69) is 0 Å². The summed E-state index contributed by atoms with van der Waals surface area (Å²) in [5, 5.41) is 8.83. The van der Waals surface area contributed by atoms with Crippen LogP contribution < -0.4 is 0 Å². The first-order valence-electron chi connectivity index (χ1n) is 5.55. The highest BCUT2D eigenvalue weighted by molar-refractivity contribution is 6.00. The van der Waals surface area contributed by atoms with Crippen LogP contribution in [0.5, 0.6) is 0 Å². The Labute approximate surface area is 90.7 Å². The summed E-state index contributed by atoms with van der Waals surface area (Å²) in [5.41, 5.74) is 0.170. The van der Waals surface area contributed by atoms with E-state index in [4.69, 9.17) is 10.00 Å².